The van der Waals surface area contributed by atoms with Gasteiger partial charge in [0.25, 0.3) is 0 Å². The summed E-state index contributed by atoms with van der Waals surface area (Å²) in [6.07, 6.45) is 0.916. The molecule has 2 aromatic heterocycles. The number of nitrogens with zero attached hydrogens (tertiary/aromatic N) is 2. The molecule has 0 bridgehead atoms. The molecule has 6 heteroatoms. The molecule has 0 saturated heterocycles. The van der Waals surface area contributed by atoms with Crippen molar-refractivity contribution in [2.24, 2.45) is 4.99 Å². The Morgan fingerprint density at radius 2 is 2.04 bits per heavy atom. The molecule has 0 fully saturated rings. The van der Waals surface area contributed by atoms with Crippen LogP contribution in [0.25, 0.3) is 0 Å². The maximum absolute atomic E-state index is 4.72. The summed E-state index contributed by atoms with van der Waals surface area (Å²) in [7, 11) is 1.80. The van der Waals surface area contributed by atoms with Gasteiger partial charge < -0.3 is 10.6 Å². The lowest BCUT2D eigenvalue weighted by Crippen LogP contribution is -2.37. The molecule has 0 amide bonds. The Labute approximate surface area is 147 Å². The quantitative estimate of drug-likeness (QED) is 0.638. The van der Waals surface area contributed by atoms with Crippen LogP contribution in [0.15, 0.2) is 21.8 Å². The first-order chi connectivity index (χ1) is 10.9. The molecule has 0 aliphatic rings. The first-order valence-electron chi connectivity index (χ1n) is 7.82. The lowest BCUT2D eigenvalue weighted by Gasteiger charge is -2.14. The Balaban J connectivity index is 1.78. The Bertz CT molecular complexity index is 650. The molecule has 126 valence electrons. The van der Waals surface area contributed by atoms with Crippen molar-refractivity contribution in [3.63, 3.8) is 0 Å². The number of guanidine groups is 1. The number of hydrogen-bond acceptors (Lipinski definition) is 4. The summed E-state index contributed by atoms with van der Waals surface area (Å²) >= 11 is 3.51. The smallest absolute Gasteiger partial charge is 0.191 e. The highest BCUT2D eigenvalue weighted by atomic mass is 32.1. The number of thiophene rings is 1. The van der Waals surface area contributed by atoms with Crippen molar-refractivity contribution in [2.45, 2.75) is 46.1 Å². The summed E-state index contributed by atoms with van der Waals surface area (Å²) in [6.45, 7) is 10.4. The number of aryl methyl sites for hydroxylation is 1. The fraction of sp³-hybridized carbons (Fsp3) is 0.529. The predicted octanol–water partition coefficient (Wildman–Crippen LogP) is 3.72. The van der Waals surface area contributed by atoms with Gasteiger partial charge >= 0.3 is 0 Å². The van der Waals surface area contributed by atoms with E-state index in [0.717, 1.165) is 25.5 Å². The summed E-state index contributed by atoms with van der Waals surface area (Å²) in [5.74, 6) is 0.838. The first kappa shape index (κ1) is 17.9. The van der Waals surface area contributed by atoms with Crippen molar-refractivity contribution in [1.29, 1.82) is 0 Å². The molecule has 0 aliphatic heterocycles. The number of hydrogen-bond donors (Lipinski definition) is 2. The Hall–Kier alpha value is -1.40. The zero-order chi connectivity index (χ0) is 16.9. The fourth-order valence-electron chi connectivity index (χ4n) is 2.03. The number of rotatable bonds is 5. The second kappa shape index (κ2) is 7.93. The van der Waals surface area contributed by atoms with Gasteiger partial charge in [0.15, 0.2) is 5.96 Å². The molecule has 2 rings (SSSR count). The topological polar surface area (TPSA) is 49.3 Å². The molecular formula is C17H26N4S2. The van der Waals surface area contributed by atoms with Gasteiger partial charge in [-0.25, -0.2) is 4.98 Å². The van der Waals surface area contributed by atoms with Crippen LogP contribution in [0.3, 0.4) is 0 Å². The van der Waals surface area contributed by atoms with E-state index in [0.29, 0.717) is 0 Å². The van der Waals surface area contributed by atoms with Crippen LogP contribution in [0.4, 0.5) is 0 Å². The van der Waals surface area contributed by atoms with Crippen LogP contribution in [0.1, 0.15) is 41.9 Å². The molecule has 2 heterocycles. The van der Waals surface area contributed by atoms with Crippen LogP contribution in [0.5, 0.6) is 0 Å². The lowest BCUT2D eigenvalue weighted by atomic mass is 9.93. The van der Waals surface area contributed by atoms with Crippen LogP contribution < -0.4 is 10.6 Å². The second-order valence-corrected chi connectivity index (χ2v) is 8.45. The third-order valence-electron chi connectivity index (χ3n) is 3.56. The van der Waals surface area contributed by atoms with Gasteiger partial charge in [-0.1, -0.05) is 20.8 Å². The van der Waals surface area contributed by atoms with E-state index < -0.39 is 0 Å². The van der Waals surface area contributed by atoms with E-state index in [2.05, 4.69) is 60.1 Å². The molecule has 23 heavy (non-hydrogen) atoms. The largest absolute Gasteiger partial charge is 0.356 e. The van der Waals surface area contributed by atoms with E-state index in [1.54, 1.807) is 29.7 Å². The average molecular weight is 351 g/mol. The van der Waals surface area contributed by atoms with E-state index in [-0.39, 0.29) is 5.41 Å². The predicted molar refractivity (Wildman–Crippen MR) is 102 cm³/mol. The minimum Gasteiger partial charge on any atom is -0.356 e. The molecule has 0 aromatic carbocycles. The fourth-order valence-corrected chi connectivity index (χ4v) is 3.90. The Morgan fingerprint density at radius 1 is 1.26 bits per heavy atom. The number of nitrogens with one attached hydrogen (secondary N) is 2. The monoisotopic (exact) mass is 350 g/mol. The van der Waals surface area contributed by atoms with Crippen LogP contribution in [-0.2, 0) is 18.4 Å². The van der Waals surface area contributed by atoms with Gasteiger partial charge in [-0.05, 0) is 23.9 Å². The van der Waals surface area contributed by atoms with Gasteiger partial charge in [-0.15, -0.1) is 22.7 Å². The molecule has 0 saturated carbocycles. The number of aromatic nitrogens is 1. The van der Waals surface area contributed by atoms with Crippen molar-refractivity contribution in [3.8, 4) is 0 Å². The molecular weight excluding hydrogens is 324 g/mol. The molecule has 0 spiro atoms. The zero-order valence-electron chi connectivity index (χ0n) is 14.6. The highest BCUT2D eigenvalue weighted by molar-refractivity contribution is 7.10. The third-order valence-corrected chi connectivity index (χ3v) is 5.49. The van der Waals surface area contributed by atoms with Gasteiger partial charge in [0, 0.05) is 35.7 Å². The molecule has 4 nitrogen and oxygen atoms in total. The van der Waals surface area contributed by atoms with Crippen molar-refractivity contribution in [3.05, 3.63) is 38.0 Å². The van der Waals surface area contributed by atoms with Crippen LogP contribution >= 0.6 is 22.7 Å². The normalized spacial score (nSPS) is 12.5. The van der Waals surface area contributed by atoms with E-state index in [1.165, 1.54) is 21.1 Å². The third kappa shape index (κ3) is 5.32. The van der Waals surface area contributed by atoms with E-state index in [9.17, 15) is 0 Å². The summed E-state index contributed by atoms with van der Waals surface area (Å²) in [5.41, 5.74) is 2.63. The standard InChI is InChI=1S/C17H26N4S2/c1-12-7-9-22-13(12)10-20-16(18-5)19-8-6-15-21-14(11-23-15)17(2,3)4/h7,9,11H,6,8,10H2,1-5H3,(H2,18,19,20). The van der Waals surface area contributed by atoms with Gasteiger partial charge in [0.05, 0.1) is 17.2 Å². The summed E-state index contributed by atoms with van der Waals surface area (Å²) in [6, 6.07) is 2.15. The van der Waals surface area contributed by atoms with Gasteiger partial charge in [0.2, 0.25) is 0 Å². The molecule has 0 radical (unpaired) electrons. The maximum atomic E-state index is 4.72. The molecule has 2 N–H and O–H groups in total. The molecule has 0 atom stereocenters. The highest BCUT2D eigenvalue weighted by Gasteiger charge is 2.17. The maximum Gasteiger partial charge on any atom is 0.191 e. The number of aliphatic imine (C=N–C) groups is 1. The van der Waals surface area contributed by atoms with Crippen LogP contribution in [0, 0.1) is 6.92 Å². The Morgan fingerprint density at radius 3 is 2.61 bits per heavy atom. The van der Waals surface area contributed by atoms with Crippen LogP contribution in [0.2, 0.25) is 0 Å². The summed E-state index contributed by atoms with van der Waals surface area (Å²) in [4.78, 5) is 10.3. The van der Waals surface area contributed by atoms with Crippen molar-refractivity contribution in [1.82, 2.24) is 15.6 Å². The van der Waals surface area contributed by atoms with E-state index in [1.807, 2.05) is 0 Å². The summed E-state index contributed by atoms with van der Waals surface area (Å²) < 4.78 is 0. The van der Waals surface area contributed by atoms with Gasteiger partial charge in [-0.3, -0.25) is 4.99 Å². The first-order valence-corrected chi connectivity index (χ1v) is 9.58. The van der Waals surface area contributed by atoms with Gasteiger partial charge in [-0.2, -0.15) is 0 Å². The lowest BCUT2D eigenvalue weighted by molar-refractivity contribution is 0.570. The van der Waals surface area contributed by atoms with E-state index in [4.69, 9.17) is 4.98 Å². The molecule has 0 unspecified atom stereocenters. The second-order valence-electron chi connectivity index (χ2n) is 6.51. The highest BCUT2D eigenvalue weighted by Crippen LogP contribution is 2.23. The van der Waals surface area contributed by atoms with Crippen molar-refractivity contribution in [2.75, 3.05) is 13.6 Å². The average Bonchev–Trinajstić information content (AvgIpc) is 3.11. The SMILES string of the molecule is CN=C(NCCc1nc(C(C)(C)C)cs1)NCc1sccc1C. The van der Waals surface area contributed by atoms with E-state index >= 15 is 0 Å². The van der Waals surface area contributed by atoms with Crippen molar-refractivity contribution < 1.29 is 0 Å². The molecule has 0 aliphatic carbocycles. The summed E-state index contributed by atoms with van der Waals surface area (Å²) in [5, 5.41) is 12.2. The Kier molecular flexibility index (Phi) is 6.18. The minimum absolute atomic E-state index is 0.123. The van der Waals surface area contributed by atoms with Gasteiger partial charge in [0.1, 0.15) is 0 Å². The van der Waals surface area contributed by atoms with Crippen molar-refractivity contribution >= 4 is 28.6 Å². The minimum atomic E-state index is 0.123. The molecule has 2 aromatic rings. The number of thiazole rings is 1. The van der Waals surface area contributed by atoms with Crippen LogP contribution in [-0.4, -0.2) is 24.5 Å². The zero-order valence-corrected chi connectivity index (χ0v) is 16.2.